The summed E-state index contributed by atoms with van der Waals surface area (Å²) in [7, 11) is 3.61. The lowest BCUT2D eigenvalue weighted by molar-refractivity contribution is -0.129. The first-order chi connectivity index (χ1) is 21.3. The van der Waals surface area contributed by atoms with Crippen molar-refractivity contribution < 1.29 is 23.7 Å². The third-order valence-electron chi connectivity index (χ3n) is 9.86. The van der Waals surface area contributed by atoms with E-state index in [1.807, 2.05) is 51.8 Å². The summed E-state index contributed by atoms with van der Waals surface area (Å²) in [5.74, 6) is 1.79. The summed E-state index contributed by atoms with van der Waals surface area (Å²) in [6.07, 6.45) is 6.51. The molecule has 10 heteroatoms. The van der Waals surface area contributed by atoms with Crippen LogP contribution in [0.1, 0.15) is 56.5 Å². The quantitative estimate of drug-likeness (QED) is 0.273. The molecule has 3 aliphatic rings. The minimum absolute atomic E-state index is 0.0303. The van der Waals surface area contributed by atoms with Gasteiger partial charge in [0, 0.05) is 50.0 Å². The van der Waals surface area contributed by atoms with Gasteiger partial charge >= 0.3 is 0 Å². The van der Waals surface area contributed by atoms with Gasteiger partial charge in [-0.25, -0.2) is 0 Å². The van der Waals surface area contributed by atoms with Crippen LogP contribution in [0.5, 0.6) is 11.5 Å². The fraction of sp³-hybridized carbons (Fsp3) is 0.500. The Bertz CT molecular complexity index is 1660. The Morgan fingerprint density at radius 1 is 1.09 bits per heavy atom. The highest BCUT2D eigenvalue weighted by Gasteiger charge is 2.41. The number of carbonyl (C=O) groups is 1. The molecule has 44 heavy (non-hydrogen) atoms. The number of carbonyl (C=O) groups excluding carboxylic acids is 1. The van der Waals surface area contributed by atoms with Gasteiger partial charge in [0.15, 0.2) is 0 Å². The molecule has 3 fully saturated rings. The minimum Gasteiger partial charge on any atom is -0.497 e. The molecule has 6 atom stereocenters. The van der Waals surface area contributed by atoms with Gasteiger partial charge in [0.05, 0.1) is 43.0 Å². The zero-order valence-corrected chi connectivity index (χ0v) is 26.1. The van der Waals surface area contributed by atoms with Gasteiger partial charge in [-0.1, -0.05) is 12.1 Å². The Hall–Kier alpha value is -3.89. The summed E-state index contributed by atoms with van der Waals surface area (Å²) in [5, 5.41) is 10.5. The molecule has 3 saturated heterocycles. The van der Waals surface area contributed by atoms with Crippen LogP contribution in [0.3, 0.4) is 0 Å². The Kier molecular flexibility index (Phi) is 7.58. The topological polar surface area (TPSA) is 92.9 Å². The molecule has 7 rings (SSSR count). The first kappa shape index (κ1) is 28.9. The molecule has 2 aromatic heterocycles. The average molecular weight is 600 g/mol. The van der Waals surface area contributed by atoms with E-state index in [1.54, 1.807) is 7.11 Å². The molecular weight excluding hydrogens is 558 g/mol. The zero-order valence-electron chi connectivity index (χ0n) is 26.1. The normalized spacial score (nSPS) is 24.9. The van der Waals surface area contributed by atoms with Crippen LogP contribution in [0, 0.1) is 12.8 Å². The van der Waals surface area contributed by atoms with Gasteiger partial charge in [-0.15, -0.1) is 0 Å². The lowest BCUT2D eigenvalue weighted by Gasteiger charge is -2.27. The first-order valence-corrected chi connectivity index (χ1v) is 15.7. The number of methoxy groups -OCH3 is 1. The fourth-order valence-electron chi connectivity index (χ4n) is 7.03. The molecule has 3 aliphatic heterocycles. The fourth-order valence-corrected chi connectivity index (χ4v) is 7.03. The summed E-state index contributed by atoms with van der Waals surface area (Å²) in [5.41, 5.74) is 4.97. The lowest BCUT2D eigenvalue weighted by Crippen LogP contribution is -2.35. The van der Waals surface area contributed by atoms with Gasteiger partial charge in [-0.05, 0) is 69.0 Å². The monoisotopic (exact) mass is 599 g/mol. The standard InChI is InChI=1S/C34H41N5O5/c1-20(23-8-10-27(41-5)11-9-23)38-17-25(15-32(38)40)22(3)44-31-14-24(13-28-33(31)21(2)37(4)36-28)26-16-35-39(18-26)29-19-43-30-7-6-12-42-34(29)30/h8-11,13-14,16,18,20,22,25,29-30,34H,6-7,12,15,17,19H2,1-5H3/t20-,22+,25+,29-,30+,34+/m0/s1. The highest BCUT2D eigenvalue weighted by Crippen LogP contribution is 2.39. The van der Waals surface area contributed by atoms with E-state index in [9.17, 15) is 4.79 Å². The number of amides is 1. The molecule has 1 amide bonds. The summed E-state index contributed by atoms with van der Waals surface area (Å²) in [6, 6.07) is 12.2. The number of benzene rings is 2. The molecule has 0 aliphatic carbocycles. The van der Waals surface area contributed by atoms with E-state index < -0.39 is 0 Å². The second-order valence-corrected chi connectivity index (χ2v) is 12.5. The molecule has 10 nitrogen and oxygen atoms in total. The molecule has 0 radical (unpaired) electrons. The maximum atomic E-state index is 13.2. The SMILES string of the molecule is COc1ccc([C@H](C)N2C[C@H]([C@@H](C)Oc3cc(-c4cnn([C@H]5CO[C@@H]6CCCO[C@@H]65)c4)cc4nn(C)c(C)c34)CC2=O)cc1. The Balaban J connectivity index is 1.12. The molecule has 4 aromatic rings. The number of hydrogen-bond donors (Lipinski definition) is 0. The number of ether oxygens (including phenoxy) is 4. The van der Waals surface area contributed by atoms with Crippen LogP contribution < -0.4 is 9.47 Å². The van der Waals surface area contributed by atoms with Crippen molar-refractivity contribution in [2.75, 3.05) is 26.9 Å². The number of aryl methyl sites for hydroxylation is 2. The van der Waals surface area contributed by atoms with Crippen LogP contribution in [0.25, 0.3) is 22.0 Å². The van der Waals surface area contributed by atoms with Crippen molar-refractivity contribution >= 4 is 16.8 Å². The summed E-state index contributed by atoms with van der Waals surface area (Å²) in [4.78, 5) is 15.2. The van der Waals surface area contributed by atoms with Crippen LogP contribution in [0.15, 0.2) is 48.8 Å². The van der Waals surface area contributed by atoms with Crippen molar-refractivity contribution in [3.05, 3.63) is 60.0 Å². The Morgan fingerprint density at radius 2 is 1.91 bits per heavy atom. The van der Waals surface area contributed by atoms with Crippen LogP contribution >= 0.6 is 0 Å². The molecular formula is C34H41N5O5. The van der Waals surface area contributed by atoms with Crippen LogP contribution in [0.4, 0.5) is 0 Å². The van der Waals surface area contributed by atoms with Gasteiger partial charge < -0.3 is 23.8 Å². The van der Waals surface area contributed by atoms with E-state index in [-0.39, 0.29) is 42.2 Å². The van der Waals surface area contributed by atoms with E-state index in [1.165, 1.54) is 0 Å². The van der Waals surface area contributed by atoms with Crippen molar-refractivity contribution in [3.8, 4) is 22.6 Å². The molecule has 0 spiro atoms. The summed E-state index contributed by atoms with van der Waals surface area (Å²) >= 11 is 0. The number of fused-ring (bicyclic) bond motifs is 2. The van der Waals surface area contributed by atoms with Crippen molar-refractivity contribution in [2.24, 2.45) is 13.0 Å². The Labute approximate surface area is 257 Å². The highest BCUT2D eigenvalue weighted by atomic mass is 16.6. The predicted molar refractivity (Wildman–Crippen MR) is 166 cm³/mol. The molecule has 2 aromatic carbocycles. The number of likely N-dealkylation sites (tertiary alicyclic amines) is 1. The molecule has 0 saturated carbocycles. The molecule has 232 valence electrons. The van der Waals surface area contributed by atoms with E-state index >= 15 is 0 Å². The third kappa shape index (κ3) is 5.13. The van der Waals surface area contributed by atoms with Gasteiger partial charge in [0.2, 0.25) is 5.91 Å². The van der Waals surface area contributed by atoms with Gasteiger partial charge in [-0.3, -0.25) is 14.2 Å². The second kappa shape index (κ2) is 11.6. The average Bonchev–Trinajstić information content (AvgIpc) is 3.82. The number of hydrogen-bond acceptors (Lipinski definition) is 7. The third-order valence-corrected chi connectivity index (χ3v) is 9.86. The first-order valence-electron chi connectivity index (χ1n) is 15.7. The smallest absolute Gasteiger partial charge is 0.223 e. The number of nitrogens with zero attached hydrogens (tertiary/aromatic N) is 5. The molecule has 0 N–H and O–H groups in total. The largest absolute Gasteiger partial charge is 0.497 e. The zero-order chi connectivity index (χ0) is 30.5. The highest BCUT2D eigenvalue weighted by molar-refractivity contribution is 5.92. The Morgan fingerprint density at radius 3 is 2.70 bits per heavy atom. The number of aromatic nitrogens is 4. The van der Waals surface area contributed by atoms with E-state index in [0.29, 0.717) is 19.6 Å². The minimum atomic E-state index is -0.177. The van der Waals surface area contributed by atoms with Gasteiger partial charge in [0.25, 0.3) is 0 Å². The van der Waals surface area contributed by atoms with Crippen LogP contribution in [-0.2, 0) is 21.3 Å². The lowest BCUT2D eigenvalue weighted by atomic mass is 10.0. The van der Waals surface area contributed by atoms with Gasteiger partial charge in [0.1, 0.15) is 29.7 Å². The van der Waals surface area contributed by atoms with E-state index in [2.05, 4.69) is 39.1 Å². The van der Waals surface area contributed by atoms with E-state index in [4.69, 9.17) is 29.1 Å². The molecule has 0 unspecified atom stereocenters. The van der Waals surface area contributed by atoms with Crippen LogP contribution in [-0.4, -0.2) is 75.5 Å². The summed E-state index contributed by atoms with van der Waals surface area (Å²) < 4.78 is 28.0. The van der Waals surface area contributed by atoms with Crippen molar-refractivity contribution in [1.29, 1.82) is 0 Å². The molecule has 5 heterocycles. The second-order valence-electron chi connectivity index (χ2n) is 12.5. The molecule has 0 bridgehead atoms. The van der Waals surface area contributed by atoms with E-state index in [0.717, 1.165) is 64.2 Å². The maximum Gasteiger partial charge on any atom is 0.223 e. The summed E-state index contributed by atoms with van der Waals surface area (Å²) in [6.45, 7) is 8.23. The maximum absolute atomic E-state index is 13.2. The van der Waals surface area contributed by atoms with Crippen molar-refractivity contribution in [1.82, 2.24) is 24.5 Å². The van der Waals surface area contributed by atoms with Gasteiger partial charge in [-0.2, -0.15) is 10.2 Å². The van der Waals surface area contributed by atoms with Crippen molar-refractivity contribution in [2.45, 2.75) is 70.4 Å². The van der Waals surface area contributed by atoms with Crippen molar-refractivity contribution in [3.63, 3.8) is 0 Å². The van der Waals surface area contributed by atoms with Crippen LogP contribution in [0.2, 0.25) is 0 Å². The number of rotatable bonds is 8. The predicted octanol–water partition coefficient (Wildman–Crippen LogP) is 5.25.